The van der Waals surface area contributed by atoms with Crippen LogP contribution in [0.25, 0.3) is 0 Å². The molecule has 1 N–H and O–H groups in total. The Kier molecular flexibility index (Phi) is 6.72. The predicted molar refractivity (Wildman–Crippen MR) is 111 cm³/mol. The highest BCUT2D eigenvalue weighted by Crippen LogP contribution is 2.36. The van der Waals surface area contributed by atoms with Crippen LogP contribution in [0.1, 0.15) is 61.0 Å². The Morgan fingerprint density at radius 2 is 1.75 bits per heavy atom. The Balaban J connectivity index is 1.94. The van der Waals surface area contributed by atoms with E-state index >= 15 is 0 Å². The van der Waals surface area contributed by atoms with Gasteiger partial charge in [-0.2, -0.15) is 0 Å². The lowest BCUT2D eigenvalue weighted by Crippen LogP contribution is -2.41. The molecule has 28 heavy (non-hydrogen) atoms. The van der Waals surface area contributed by atoms with Crippen LogP contribution >= 0.6 is 0 Å². The van der Waals surface area contributed by atoms with Gasteiger partial charge in [0, 0.05) is 0 Å². The van der Waals surface area contributed by atoms with Crippen molar-refractivity contribution < 1.29 is 23.6 Å². The molecular weight excluding hydrogens is 357 g/mol. The van der Waals surface area contributed by atoms with Crippen LogP contribution in [0, 0.1) is 0 Å². The first kappa shape index (κ1) is 22.6. The molecule has 156 valence electrons. The lowest BCUT2D eigenvalue weighted by molar-refractivity contribution is 0.00578. The number of carbonyl (C=O) groups excluding carboxylic acids is 1. The van der Waals surface area contributed by atoms with Gasteiger partial charge < -0.3 is 24.1 Å². The number of ether oxygens (including phenoxy) is 2. The third-order valence-corrected chi connectivity index (χ3v) is 5.02. The van der Waals surface area contributed by atoms with Gasteiger partial charge in [0.2, 0.25) is 0 Å². The zero-order valence-corrected chi connectivity index (χ0v) is 18.5. The smallest absolute Gasteiger partial charge is 0.491 e. The summed E-state index contributed by atoms with van der Waals surface area (Å²) in [6, 6.07) is 5.98. The van der Waals surface area contributed by atoms with Crippen molar-refractivity contribution in [3.05, 3.63) is 23.8 Å². The number of nitrogens with one attached hydrogen (secondary N) is 1. The number of carbonyl (C=O) groups is 1. The minimum Gasteiger partial charge on any atom is -0.491 e. The highest BCUT2D eigenvalue weighted by atomic mass is 16.7. The second-order valence-corrected chi connectivity index (χ2v) is 9.09. The first-order valence-corrected chi connectivity index (χ1v) is 9.93. The largest absolute Gasteiger partial charge is 0.494 e. The van der Waals surface area contributed by atoms with Gasteiger partial charge in [-0.05, 0) is 72.0 Å². The summed E-state index contributed by atoms with van der Waals surface area (Å²) in [7, 11) is -0.391. The number of alkyl carbamates (subject to hydrolysis) is 1. The van der Waals surface area contributed by atoms with Gasteiger partial charge in [-0.1, -0.05) is 19.1 Å². The molecule has 0 atom stereocenters. The van der Waals surface area contributed by atoms with Crippen molar-refractivity contribution in [2.45, 2.75) is 78.6 Å². The van der Waals surface area contributed by atoms with Crippen molar-refractivity contribution >= 4 is 18.7 Å². The zero-order valence-electron chi connectivity index (χ0n) is 18.5. The van der Waals surface area contributed by atoms with Gasteiger partial charge in [-0.15, -0.1) is 0 Å². The van der Waals surface area contributed by atoms with Crippen molar-refractivity contribution in [1.29, 1.82) is 0 Å². The molecule has 0 aliphatic carbocycles. The molecule has 1 aromatic carbocycles. The normalized spacial score (nSPS) is 18.1. The van der Waals surface area contributed by atoms with E-state index in [4.69, 9.17) is 18.8 Å². The second kappa shape index (κ2) is 8.33. The number of aryl methyl sites for hydroxylation is 1. The summed E-state index contributed by atoms with van der Waals surface area (Å²) in [6.07, 6.45) is 0.380. The average Bonchev–Trinajstić information content (AvgIpc) is 2.78. The summed E-state index contributed by atoms with van der Waals surface area (Å²) in [5.74, 6) is 0.800. The van der Waals surface area contributed by atoms with Gasteiger partial charge in [-0.25, -0.2) is 4.79 Å². The lowest BCUT2D eigenvalue weighted by atomic mass is 9.78. The number of amides is 1. The van der Waals surface area contributed by atoms with E-state index in [1.54, 1.807) is 0 Å². The van der Waals surface area contributed by atoms with Crippen LogP contribution in [0.5, 0.6) is 5.75 Å². The summed E-state index contributed by atoms with van der Waals surface area (Å²) < 4.78 is 23.3. The fourth-order valence-corrected chi connectivity index (χ4v) is 2.77. The second-order valence-electron chi connectivity index (χ2n) is 9.09. The molecular formula is C21H34BNO5. The molecule has 0 spiro atoms. The summed E-state index contributed by atoms with van der Waals surface area (Å²) in [6.45, 7) is 16.5. The van der Waals surface area contributed by atoms with Crippen molar-refractivity contribution in [2.24, 2.45) is 0 Å². The Morgan fingerprint density at radius 3 is 2.29 bits per heavy atom. The maximum absolute atomic E-state index is 11.7. The molecule has 0 saturated carbocycles. The number of benzene rings is 1. The van der Waals surface area contributed by atoms with Crippen molar-refractivity contribution in [3.63, 3.8) is 0 Å². The zero-order chi connectivity index (χ0) is 21.2. The Bertz CT molecular complexity index is 681. The lowest BCUT2D eigenvalue weighted by Gasteiger charge is -2.32. The molecule has 1 aliphatic heterocycles. The minimum absolute atomic E-state index is 0.363. The highest BCUT2D eigenvalue weighted by molar-refractivity contribution is 6.62. The highest BCUT2D eigenvalue weighted by Gasteiger charge is 2.51. The van der Waals surface area contributed by atoms with Crippen molar-refractivity contribution in [3.8, 4) is 5.75 Å². The third kappa shape index (κ3) is 5.64. The van der Waals surface area contributed by atoms with E-state index in [-0.39, 0.29) is 11.2 Å². The minimum atomic E-state index is -0.510. The average molecular weight is 391 g/mol. The molecule has 0 radical (unpaired) electrons. The van der Waals surface area contributed by atoms with Gasteiger partial charge in [0.05, 0.1) is 17.7 Å². The van der Waals surface area contributed by atoms with E-state index < -0.39 is 18.8 Å². The van der Waals surface area contributed by atoms with E-state index in [0.717, 1.165) is 23.2 Å². The first-order chi connectivity index (χ1) is 12.8. The van der Waals surface area contributed by atoms with E-state index in [2.05, 4.69) is 18.3 Å². The molecule has 0 aromatic heterocycles. The number of hydrogen-bond acceptors (Lipinski definition) is 5. The third-order valence-electron chi connectivity index (χ3n) is 5.02. The fourth-order valence-electron chi connectivity index (χ4n) is 2.77. The van der Waals surface area contributed by atoms with Crippen LogP contribution < -0.4 is 15.5 Å². The first-order valence-electron chi connectivity index (χ1n) is 9.93. The van der Waals surface area contributed by atoms with Crippen molar-refractivity contribution in [1.82, 2.24) is 5.32 Å². The number of hydrogen-bond donors (Lipinski definition) is 1. The molecule has 2 rings (SSSR count). The van der Waals surface area contributed by atoms with Gasteiger partial charge in [0.25, 0.3) is 0 Å². The maximum atomic E-state index is 11.7. The summed E-state index contributed by atoms with van der Waals surface area (Å²) in [5, 5.41) is 2.69. The van der Waals surface area contributed by atoms with Crippen LogP contribution in [-0.2, 0) is 20.5 Å². The monoisotopic (exact) mass is 391 g/mol. The molecule has 1 amide bonds. The summed E-state index contributed by atoms with van der Waals surface area (Å²) in [5.41, 5.74) is 0.808. The van der Waals surface area contributed by atoms with Crippen LogP contribution in [0.3, 0.4) is 0 Å². The van der Waals surface area contributed by atoms with Gasteiger partial charge in [0.15, 0.2) is 0 Å². The predicted octanol–water partition coefficient (Wildman–Crippen LogP) is 3.45. The molecule has 0 bridgehead atoms. The molecule has 1 saturated heterocycles. The Morgan fingerprint density at radius 1 is 1.14 bits per heavy atom. The Hall–Kier alpha value is -1.73. The van der Waals surface area contributed by atoms with Gasteiger partial charge in [-0.3, -0.25) is 0 Å². The van der Waals surface area contributed by atoms with E-state index in [9.17, 15) is 4.79 Å². The maximum Gasteiger partial charge on any atom is 0.494 e. The molecule has 6 nitrogen and oxygen atoms in total. The molecule has 1 aromatic rings. The van der Waals surface area contributed by atoms with Crippen molar-refractivity contribution in [2.75, 3.05) is 13.2 Å². The van der Waals surface area contributed by atoms with E-state index in [1.165, 1.54) is 0 Å². The topological polar surface area (TPSA) is 66.0 Å². The quantitative estimate of drug-likeness (QED) is 0.594. The van der Waals surface area contributed by atoms with Crippen LogP contribution in [-0.4, -0.2) is 43.2 Å². The standard InChI is InChI=1S/C21H34BNO5/c1-9-15-14-16(22-27-20(5,6)21(7,8)28-22)10-11-17(15)25-13-12-23-18(24)26-19(2,3)4/h10-11,14H,9,12-13H2,1-8H3,(H,23,24). The molecule has 1 heterocycles. The summed E-state index contributed by atoms with van der Waals surface area (Å²) >= 11 is 0. The van der Waals surface area contributed by atoms with Crippen LogP contribution in [0.2, 0.25) is 0 Å². The molecule has 0 unspecified atom stereocenters. The van der Waals surface area contributed by atoms with E-state index in [1.807, 2.05) is 60.6 Å². The molecule has 7 heteroatoms. The van der Waals surface area contributed by atoms with Gasteiger partial charge in [0.1, 0.15) is 18.0 Å². The van der Waals surface area contributed by atoms with Gasteiger partial charge >= 0.3 is 13.2 Å². The van der Waals surface area contributed by atoms with Crippen LogP contribution in [0.4, 0.5) is 4.79 Å². The molecule has 1 aliphatic rings. The SMILES string of the molecule is CCc1cc(B2OC(C)(C)C(C)(C)O2)ccc1OCCNC(=O)OC(C)(C)C. The fraction of sp³-hybridized carbons (Fsp3) is 0.667. The summed E-state index contributed by atoms with van der Waals surface area (Å²) in [4.78, 5) is 11.7. The van der Waals surface area contributed by atoms with E-state index in [0.29, 0.717) is 13.2 Å². The Labute approximate surface area is 169 Å². The number of rotatable bonds is 6. The van der Waals surface area contributed by atoms with Crippen LogP contribution in [0.15, 0.2) is 18.2 Å². The molecule has 1 fully saturated rings.